The number of hydrogen-bond acceptors (Lipinski definition) is 4. The highest BCUT2D eigenvalue weighted by Gasteiger charge is 2.50. The van der Waals surface area contributed by atoms with Crippen LogP contribution in [0, 0.1) is 0 Å². The minimum absolute atomic E-state index is 0.0447. The molecule has 1 fully saturated rings. The second kappa shape index (κ2) is 5.77. The molecular formula is C16H16N2O2S. The van der Waals surface area contributed by atoms with Crippen LogP contribution in [0.3, 0.4) is 0 Å². The van der Waals surface area contributed by atoms with Gasteiger partial charge in [0, 0.05) is 11.0 Å². The molecule has 1 amide bonds. The maximum atomic E-state index is 12.5. The number of ether oxygens (including phenoxy) is 1. The molecule has 4 nitrogen and oxygen atoms in total. The van der Waals surface area contributed by atoms with Crippen molar-refractivity contribution in [2.45, 2.75) is 22.5 Å². The first-order chi connectivity index (χ1) is 10.2. The van der Waals surface area contributed by atoms with E-state index in [2.05, 4.69) is 10.3 Å². The second-order valence-electron chi connectivity index (χ2n) is 4.95. The Balaban J connectivity index is 1.67. The molecule has 1 aromatic heterocycles. The fraction of sp³-hybridized carbons (Fsp3) is 0.250. The van der Waals surface area contributed by atoms with E-state index in [0.29, 0.717) is 11.6 Å². The van der Waals surface area contributed by atoms with Crippen molar-refractivity contribution in [2.75, 3.05) is 12.4 Å². The molecule has 0 atom stereocenters. The molecule has 1 heterocycles. The Morgan fingerprint density at radius 1 is 1.24 bits per heavy atom. The molecule has 0 bridgehead atoms. The summed E-state index contributed by atoms with van der Waals surface area (Å²) in [6.07, 6.45) is 3.42. The summed E-state index contributed by atoms with van der Waals surface area (Å²) in [5.74, 6) is 0.580. The van der Waals surface area contributed by atoms with Gasteiger partial charge in [0.05, 0.1) is 23.7 Å². The number of methoxy groups -OCH3 is 1. The lowest BCUT2D eigenvalue weighted by Crippen LogP contribution is -2.26. The fourth-order valence-corrected chi connectivity index (χ4v) is 3.22. The van der Waals surface area contributed by atoms with Crippen LogP contribution in [0.1, 0.15) is 12.8 Å². The first kappa shape index (κ1) is 13.9. The van der Waals surface area contributed by atoms with Crippen molar-refractivity contribution in [3.8, 4) is 5.88 Å². The van der Waals surface area contributed by atoms with E-state index in [-0.39, 0.29) is 10.7 Å². The molecule has 5 heteroatoms. The van der Waals surface area contributed by atoms with E-state index in [9.17, 15) is 4.79 Å². The van der Waals surface area contributed by atoms with Crippen molar-refractivity contribution >= 4 is 23.4 Å². The first-order valence-electron chi connectivity index (χ1n) is 6.77. The predicted octanol–water partition coefficient (Wildman–Crippen LogP) is 3.35. The molecule has 0 aliphatic heterocycles. The van der Waals surface area contributed by atoms with Crippen LogP contribution in [0.5, 0.6) is 5.88 Å². The lowest BCUT2D eigenvalue weighted by molar-refractivity contribution is -0.116. The van der Waals surface area contributed by atoms with E-state index in [1.54, 1.807) is 37.2 Å². The molecule has 0 unspecified atom stereocenters. The summed E-state index contributed by atoms with van der Waals surface area (Å²) < 4.78 is 4.67. The highest BCUT2D eigenvalue weighted by molar-refractivity contribution is 8.01. The summed E-state index contributed by atoms with van der Waals surface area (Å²) >= 11 is 1.63. The molecule has 0 radical (unpaired) electrons. The van der Waals surface area contributed by atoms with E-state index in [1.807, 2.05) is 30.3 Å². The van der Waals surface area contributed by atoms with Crippen LogP contribution in [-0.2, 0) is 4.79 Å². The van der Waals surface area contributed by atoms with Crippen LogP contribution in [0.4, 0.5) is 5.69 Å². The van der Waals surface area contributed by atoms with Gasteiger partial charge in [0.25, 0.3) is 0 Å². The number of anilines is 1. The summed E-state index contributed by atoms with van der Waals surface area (Å²) in [6.45, 7) is 0. The smallest absolute Gasteiger partial charge is 0.241 e. The van der Waals surface area contributed by atoms with Gasteiger partial charge in [0.2, 0.25) is 11.8 Å². The van der Waals surface area contributed by atoms with Gasteiger partial charge < -0.3 is 10.1 Å². The van der Waals surface area contributed by atoms with E-state index < -0.39 is 0 Å². The Morgan fingerprint density at radius 3 is 2.57 bits per heavy atom. The molecule has 0 spiro atoms. The normalized spacial score (nSPS) is 15.3. The summed E-state index contributed by atoms with van der Waals surface area (Å²) in [5.41, 5.74) is 0.695. The molecular weight excluding hydrogens is 284 g/mol. The summed E-state index contributed by atoms with van der Waals surface area (Å²) in [5, 5.41) is 2.94. The number of rotatable bonds is 5. The van der Waals surface area contributed by atoms with Crippen molar-refractivity contribution in [3.05, 3.63) is 48.7 Å². The van der Waals surface area contributed by atoms with Gasteiger partial charge in [-0.15, -0.1) is 11.8 Å². The molecule has 1 N–H and O–H groups in total. The van der Waals surface area contributed by atoms with E-state index in [4.69, 9.17) is 4.74 Å². The molecule has 3 rings (SSSR count). The standard InChI is InChI=1S/C16H16N2O2S/c1-20-14-8-7-12(11-17-14)18-15(19)16(9-10-16)21-13-5-3-2-4-6-13/h2-8,11H,9-10H2,1H3,(H,18,19). The maximum absolute atomic E-state index is 12.5. The van der Waals surface area contributed by atoms with Gasteiger partial charge in [-0.1, -0.05) is 18.2 Å². The number of thioether (sulfide) groups is 1. The number of amides is 1. The van der Waals surface area contributed by atoms with Crippen molar-refractivity contribution in [1.82, 2.24) is 4.98 Å². The van der Waals surface area contributed by atoms with Crippen LogP contribution in [0.25, 0.3) is 0 Å². The van der Waals surface area contributed by atoms with Gasteiger partial charge in [-0.3, -0.25) is 4.79 Å². The van der Waals surface area contributed by atoms with Gasteiger partial charge in [0.15, 0.2) is 0 Å². The molecule has 1 aromatic carbocycles. The number of carbonyl (C=O) groups is 1. The summed E-state index contributed by atoms with van der Waals surface area (Å²) in [7, 11) is 1.57. The molecule has 21 heavy (non-hydrogen) atoms. The average molecular weight is 300 g/mol. The number of pyridine rings is 1. The monoisotopic (exact) mass is 300 g/mol. The minimum atomic E-state index is -0.332. The Hall–Kier alpha value is -2.01. The van der Waals surface area contributed by atoms with Crippen molar-refractivity contribution in [1.29, 1.82) is 0 Å². The quantitative estimate of drug-likeness (QED) is 0.920. The number of aromatic nitrogens is 1. The van der Waals surface area contributed by atoms with Crippen LogP contribution in [0.15, 0.2) is 53.6 Å². The molecule has 2 aromatic rings. The van der Waals surface area contributed by atoms with E-state index in [1.165, 1.54) is 0 Å². The number of carbonyl (C=O) groups excluding carboxylic acids is 1. The van der Waals surface area contributed by atoms with Crippen LogP contribution >= 0.6 is 11.8 Å². The van der Waals surface area contributed by atoms with Gasteiger partial charge in [-0.05, 0) is 31.0 Å². The molecule has 1 aliphatic rings. The van der Waals surface area contributed by atoms with Gasteiger partial charge in [0.1, 0.15) is 0 Å². The number of benzene rings is 1. The number of nitrogens with one attached hydrogen (secondary N) is 1. The Morgan fingerprint density at radius 2 is 2.00 bits per heavy atom. The highest BCUT2D eigenvalue weighted by Crippen LogP contribution is 2.52. The predicted molar refractivity (Wildman–Crippen MR) is 83.7 cm³/mol. The highest BCUT2D eigenvalue weighted by atomic mass is 32.2. The Bertz CT molecular complexity index is 624. The Kier molecular flexibility index (Phi) is 3.84. The second-order valence-corrected chi connectivity index (χ2v) is 6.41. The third-order valence-corrected chi connectivity index (χ3v) is 4.87. The molecule has 108 valence electrons. The van der Waals surface area contributed by atoms with Gasteiger partial charge >= 0.3 is 0 Å². The minimum Gasteiger partial charge on any atom is -0.481 e. The topological polar surface area (TPSA) is 51.2 Å². The summed E-state index contributed by atoms with van der Waals surface area (Å²) in [4.78, 5) is 17.7. The zero-order valence-corrected chi connectivity index (χ0v) is 12.5. The van der Waals surface area contributed by atoms with Gasteiger partial charge in [-0.2, -0.15) is 0 Å². The third-order valence-electron chi connectivity index (χ3n) is 3.38. The largest absolute Gasteiger partial charge is 0.481 e. The van der Waals surface area contributed by atoms with E-state index in [0.717, 1.165) is 17.7 Å². The SMILES string of the molecule is COc1ccc(NC(=O)C2(Sc3ccccc3)CC2)cn1. The molecule has 1 aliphatic carbocycles. The molecule has 1 saturated carbocycles. The van der Waals surface area contributed by atoms with E-state index >= 15 is 0 Å². The average Bonchev–Trinajstić information content (AvgIpc) is 3.30. The summed E-state index contributed by atoms with van der Waals surface area (Å²) in [6, 6.07) is 13.6. The Labute approximate surface area is 127 Å². The lowest BCUT2D eigenvalue weighted by Gasteiger charge is -2.15. The van der Waals surface area contributed by atoms with Crippen molar-refractivity contribution in [3.63, 3.8) is 0 Å². The van der Waals surface area contributed by atoms with Crippen molar-refractivity contribution < 1.29 is 9.53 Å². The zero-order chi connectivity index (χ0) is 14.7. The lowest BCUT2D eigenvalue weighted by atomic mass is 10.3. The van der Waals surface area contributed by atoms with Crippen LogP contribution < -0.4 is 10.1 Å². The number of nitrogens with zero attached hydrogens (tertiary/aromatic N) is 1. The number of hydrogen-bond donors (Lipinski definition) is 1. The molecule has 0 saturated heterocycles. The van der Waals surface area contributed by atoms with Gasteiger partial charge in [-0.25, -0.2) is 4.98 Å². The third kappa shape index (κ3) is 3.19. The van der Waals surface area contributed by atoms with Crippen LogP contribution in [0.2, 0.25) is 0 Å². The maximum Gasteiger partial charge on any atom is 0.241 e. The van der Waals surface area contributed by atoms with Crippen LogP contribution in [-0.4, -0.2) is 22.7 Å². The first-order valence-corrected chi connectivity index (χ1v) is 7.59. The zero-order valence-electron chi connectivity index (χ0n) is 11.7. The fourth-order valence-electron chi connectivity index (χ4n) is 2.02. The van der Waals surface area contributed by atoms with Crippen molar-refractivity contribution in [2.24, 2.45) is 0 Å².